The average Bonchev–Trinajstić information content (AvgIpc) is 3.36. The highest BCUT2D eigenvalue weighted by molar-refractivity contribution is 7.89. The van der Waals surface area contributed by atoms with E-state index in [0.29, 0.717) is 44.1 Å². The predicted octanol–water partition coefficient (Wildman–Crippen LogP) is 1.25. The minimum atomic E-state index is -3.52. The molecule has 1 amide bonds. The van der Waals surface area contributed by atoms with Crippen LogP contribution in [0.3, 0.4) is 0 Å². The fourth-order valence-corrected chi connectivity index (χ4v) is 4.94. The number of benzene rings is 1. The molecule has 4 rings (SSSR count). The maximum atomic E-state index is 12.9. The van der Waals surface area contributed by atoms with Crippen LogP contribution in [0.15, 0.2) is 23.1 Å². The van der Waals surface area contributed by atoms with Crippen molar-refractivity contribution in [2.75, 3.05) is 32.8 Å². The van der Waals surface area contributed by atoms with Gasteiger partial charge in [0, 0.05) is 38.5 Å². The zero-order valence-corrected chi connectivity index (χ0v) is 14.4. The van der Waals surface area contributed by atoms with Gasteiger partial charge in [0.15, 0.2) is 0 Å². The Bertz CT molecular complexity index is 758. The minimum Gasteiger partial charge on any atom is -0.493 e. The van der Waals surface area contributed by atoms with Gasteiger partial charge in [-0.3, -0.25) is 4.79 Å². The Morgan fingerprint density at radius 3 is 2.75 bits per heavy atom. The van der Waals surface area contributed by atoms with Crippen molar-refractivity contribution in [3.63, 3.8) is 0 Å². The van der Waals surface area contributed by atoms with Crippen molar-refractivity contribution in [2.24, 2.45) is 5.92 Å². The molecule has 1 aromatic rings. The molecule has 0 radical (unpaired) electrons. The number of ether oxygens (including phenoxy) is 1. The standard InChI is InChI=1S/C17H22N2O4S/c20-17(13-2-3-13)18-7-1-8-19(10-9-18)24(21,22)15-4-5-16-14(12-15)6-11-23-16/h4-5,12-13H,1-3,6-11H2. The van der Waals surface area contributed by atoms with Crippen molar-refractivity contribution in [2.45, 2.75) is 30.6 Å². The van der Waals surface area contributed by atoms with E-state index in [9.17, 15) is 13.2 Å². The Morgan fingerprint density at radius 2 is 1.96 bits per heavy atom. The molecule has 1 aromatic carbocycles. The maximum absolute atomic E-state index is 12.9. The van der Waals surface area contributed by atoms with Gasteiger partial charge in [-0.25, -0.2) is 8.42 Å². The summed E-state index contributed by atoms with van der Waals surface area (Å²) in [6.07, 6.45) is 3.40. The molecule has 24 heavy (non-hydrogen) atoms. The molecular weight excluding hydrogens is 328 g/mol. The van der Waals surface area contributed by atoms with E-state index in [1.54, 1.807) is 18.2 Å². The summed E-state index contributed by atoms with van der Waals surface area (Å²) in [5.74, 6) is 1.17. The lowest BCUT2D eigenvalue weighted by Crippen LogP contribution is -2.37. The Labute approximate surface area is 142 Å². The Balaban J connectivity index is 1.50. The van der Waals surface area contributed by atoms with Gasteiger partial charge in [-0.05, 0) is 43.0 Å². The number of sulfonamides is 1. The first-order valence-corrected chi connectivity index (χ1v) is 10.0. The second-order valence-corrected chi connectivity index (χ2v) is 8.66. The Morgan fingerprint density at radius 1 is 1.12 bits per heavy atom. The summed E-state index contributed by atoms with van der Waals surface area (Å²) in [4.78, 5) is 14.4. The smallest absolute Gasteiger partial charge is 0.243 e. The number of amides is 1. The van der Waals surface area contributed by atoms with E-state index < -0.39 is 10.0 Å². The molecule has 1 aliphatic carbocycles. The molecule has 130 valence electrons. The molecule has 0 aromatic heterocycles. The number of hydrogen-bond donors (Lipinski definition) is 0. The highest BCUT2D eigenvalue weighted by Crippen LogP contribution is 2.32. The van der Waals surface area contributed by atoms with E-state index in [1.165, 1.54) is 4.31 Å². The molecule has 2 heterocycles. The molecule has 0 spiro atoms. The highest BCUT2D eigenvalue weighted by Gasteiger charge is 2.35. The van der Waals surface area contributed by atoms with Crippen LogP contribution in [0.5, 0.6) is 5.75 Å². The molecule has 1 saturated carbocycles. The monoisotopic (exact) mass is 350 g/mol. The third kappa shape index (κ3) is 2.91. The van der Waals surface area contributed by atoms with E-state index in [-0.39, 0.29) is 11.8 Å². The number of carbonyl (C=O) groups is 1. The molecule has 2 fully saturated rings. The van der Waals surface area contributed by atoms with Crippen LogP contribution in [0.25, 0.3) is 0 Å². The topological polar surface area (TPSA) is 66.9 Å². The summed E-state index contributed by atoms with van der Waals surface area (Å²) in [7, 11) is -3.52. The van der Waals surface area contributed by atoms with Crippen molar-refractivity contribution >= 4 is 15.9 Å². The number of rotatable bonds is 3. The van der Waals surface area contributed by atoms with Gasteiger partial charge in [0.1, 0.15) is 5.75 Å². The first-order valence-electron chi connectivity index (χ1n) is 8.60. The molecule has 0 atom stereocenters. The molecule has 0 unspecified atom stereocenters. The maximum Gasteiger partial charge on any atom is 0.243 e. The third-order valence-electron chi connectivity index (χ3n) is 4.99. The van der Waals surface area contributed by atoms with Gasteiger partial charge in [-0.1, -0.05) is 0 Å². The number of carbonyl (C=O) groups excluding carboxylic acids is 1. The molecule has 0 N–H and O–H groups in total. The van der Waals surface area contributed by atoms with Crippen LogP contribution in [0, 0.1) is 5.92 Å². The molecular formula is C17H22N2O4S. The van der Waals surface area contributed by atoms with Crippen molar-refractivity contribution in [3.8, 4) is 5.75 Å². The van der Waals surface area contributed by atoms with Gasteiger partial charge < -0.3 is 9.64 Å². The Kier molecular flexibility index (Phi) is 4.00. The average molecular weight is 350 g/mol. The second kappa shape index (κ2) is 6.04. The Hall–Kier alpha value is -1.60. The summed E-state index contributed by atoms with van der Waals surface area (Å²) in [6, 6.07) is 5.10. The lowest BCUT2D eigenvalue weighted by Gasteiger charge is -2.22. The molecule has 6 nitrogen and oxygen atoms in total. The summed E-state index contributed by atoms with van der Waals surface area (Å²) in [5.41, 5.74) is 0.955. The quantitative estimate of drug-likeness (QED) is 0.823. The van der Waals surface area contributed by atoms with Crippen LogP contribution in [0.1, 0.15) is 24.8 Å². The van der Waals surface area contributed by atoms with Crippen molar-refractivity contribution in [3.05, 3.63) is 23.8 Å². The van der Waals surface area contributed by atoms with Gasteiger partial charge in [0.2, 0.25) is 15.9 Å². The first-order chi connectivity index (χ1) is 11.6. The number of fused-ring (bicyclic) bond motifs is 1. The van der Waals surface area contributed by atoms with Gasteiger partial charge in [-0.2, -0.15) is 4.31 Å². The summed E-state index contributed by atoms with van der Waals surface area (Å²) >= 11 is 0. The minimum absolute atomic E-state index is 0.185. The van der Waals surface area contributed by atoms with Crippen LogP contribution in [0.2, 0.25) is 0 Å². The van der Waals surface area contributed by atoms with Gasteiger partial charge in [0.05, 0.1) is 11.5 Å². The van der Waals surface area contributed by atoms with Crippen LogP contribution in [-0.2, 0) is 21.2 Å². The van der Waals surface area contributed by atoms with Crippen LogP contribution in [-0.4, -0.2) is 56.3 Å². The fraction of sp³-hybridized carbons (Fsp3) is 0.588. The van der Waals surface area contributed by atoms with Crippen molar-refractivity contribution < 1.29 is 17.9 Å². The summed E-state index contributed by atoms with van der Waals surface area (Å²) < 4.78 is 32.9. The van der Waals surface area contributed by atoms with Gasteiger partial charge >= 0.3 is 0 Å². The van der Waals surface area contributed by atoms with Crippen molar-refractivity contribution in [1.29, 1.82) is 0 Å². The highest BCUT2D eigenvalue weighted by atomic mass is 32.2. The van der Waals surface area contributed by atoms with E-state index in [2.05, 4.69) is 0 Å². The van der Waals surface area contributed by atoms with Crippen LogP contribution >= 0.6 is 0 Å². The van der Waals surface area contributed by atoms with Crippen LogP contribution in [0.4, 0.5) is 0 Å². The second-order valence-electron chi connectivity index (χ2n) is 6.73. The third-order valence-corrected chi connectivity index (χ3v) is 6.89. The summed E-state index contributed by atoms with van der Waals surface area (Å²) in [5, 5.41) is 0. The zero-order valence-electron chi connectivity index (χ0n) is 13.6. The largest absolute Gasteiger partial charge is 0.493 e. The molecule has 2 aliphatic heterocycles. The lowest BCUT2D eigenvalue weighted by atomic mass is 10.2. The van der Waals surface area contributed by atoms with Gasteiger partial charge in [-0.15, -0.1) is 0 Å². The molecule has 1 saturated heterocycles. The molecule has 0 bridgehead atoms. The van der Waals surface area contributed by atoms with E-state index >= 15 is 0 Å². The SMILES string of the molecule is O=C(C1CC1)N1CCCN(S(=O)(=O)c2ccc3c(c2)CCO3)CC1. The number of hydrogen-bond acceptors (Lipinski definition) is 4. The van der Waals surface area contributed by atoms with Crippen LogP contribution < -0.4 is 4.74 Å². The fourth-order valence-electron chi connectivity index (χ4n) is 3.42. The zero-order chi connectivity index (χ0) is 16.7. The van der Waals surface area contributed by atoms with Crippen molar-refractivity contribution in [1.82, 2.24) is 9.21 Å². The van der Waals surface area contributed by atoms with E-state index in [0.717, 1.165) is 30.6 Å². The predicted molar refractivity (Wildman–Crippen MR) is 88.3 cm³/mol. The normalized spacial score (nSPS) is 21.9. The molecule has 7 heteroatoms. The van der Waals surface area contributed by atoms with E-state index in [4.69, 9.17) is 4.74 Å². The van der Waals surface area contributed by atoms with Gasteiger partial charge in [0.25, 0.3) is 0 Å². The summed E-state index contributed by atoms with van der Waals surface area (Å²) in [6.45, 7) is 2.58. The molecule has 3 aliphatic rings. The number of nitrogens with zero attached hydrogens (tertiary/aromatic N) is 2. The van der Waals surface area contributed by atoms with E-state index in [1.807, 2.05) is 4.90 Å². The lowest BCUT2D eigenvalue weighted by molar-refractivity contribution is -0.132. The first kappa shape index (κ1) is 15.9.